The average Bonchev–Trinajstić information content (AvgIpc) is 3.80. The van der Waals surface area contributed by atoms with Gasteiger partial charge in [0.15, 0.2) is 18.1 Å². The molecule has 0 unspecified atom stereocenters. The van der Waals surface area contributed by atoms with E-state index in [2.05, 4.69) is 9.46 Å². The molecule has 0 spiro atoms. The topological polar surface area (TPSA) is 126 Å². The number of esters is 2. The molecule has 0 saturated heterocycles. The van der Waals surface area contributed by atoms with Crippen LogP contribution < -0.4 is 18.9 Å². The van der Waals surface area contributed by atoms with E-state index in [4.69, 9.17) is 42.1 Å². The third-order valence-electron chi connectivity index (χ3n) is 6.73. The van der Waals surface area contributed by atoms with Gasteiger partial charge >= 0.3 is 18.6 Å². The van der Waals surface area contributed by atoms with Crippen molar-refractivity contribution in [2.24, 2.45) is 5.92 Å². The molecule has 1 fully saturated rings. The normalized spacial score (nSPS) is 13.6. The van der Waals surface area contributed by atoms with Crippen molar-refractivity contribution < 1.29 is 50.5 Å². The molecule has 15 heteroatoms. The van der Waals surface area contributed by atoms with E-state index in [0.29, 0.717) is 33.7 Å². The van der Waals surface area contributed by atoms with Gasteiger partial charge in [-0.2, -0.15) is 8.78 Å². The van der Waals surface area contributed by atoms with Gasteiger partial charge in [-0.3, -0.25) is 4.72 Å². The van der Waals surface area contributed by atoms with Gasteiger partial charge in [0.2, 0.25) is 10.0 Å². The predicted octanol–water partition coefficient (Wildman–Crippen LogP) is 6.76. The Kier molecular flexibility index (Phi) is 11.6. The first-order valence-corrected chi connectivity index (χ1v) is 16.6. The summed E-state index contributed by atoms with van der Waals surface area (Å²) in [5.41, 5.74) is 1.54. The number of halogens is 4. The monoisotopic (exact) mass is 701 g/mol. The van der Waals surface area contributed by atoms with Gasteiger partial charge in [0.1, 0.15) is 11.9 Å². The van der Waals surface area contributed by atoms with Gasteiger partial charge in [0.05, 0.1) is 31.2 Å². The van der Waals surface area contributed by atoms with Gasteiger partial charge in [-0.15, -0.1) is 0 Å². The number of anilines is 1. The molecule has 1 N–H and O–H groups in total. The molecule has 248 valence electrons. The molecule has 0 aromatic heterocycles. The summed E-state index contributed by atoms with van der Waals surface area (Å²) in [6, 6.07) is 11.4. The number of aryl methyl sites for hydroxylation is 1. The standard InChI is InChI=1S/C31H31Cl2F2NO9S/c1-17-10-22(32)21(23(33)11-17)14-27(19-6-9-26(45-31(34)35)28(13-19)42-15-18-4-5-18)44-29(37)16-43-30(38)20-7-8-25(41-2)24(12-20)36-46(3,39)40/h6-13,18,27,31,36H,4-5,14-16H2,1-3H3/t27-/m0/s1. The lowest BCUT2D eigenvalue weighted by molar-refractivity contribution is -0.153. The van der Waals surface area contributed by atoms with Gasteiger partial charge in [-0.1, -0.05) is 29.3 Å². The van der Waals surface area contributed by atoms with Crippen LogP contribution in [-0.2, 0) is 30.7 Å². The number of hydrogen-bond acceptors (Lipinski definition) is 9. The van der Waals surface area contributed by atoms with Crippen molar-refractivity contribution in [2.75, 3.05) is 31.3 Å². The predicted molar refractivity (Wildman–Crippen MR) is 167 cm³/mol. The van der Waals surface area contributed by atoms with Crippen LogP contribution in [0.5, 0.6) is 17.2 Å². The van der Waals surface area contributed by atoms with Crippen molar-refractivity contribution in [3.8, 4) is 17.2 Å². The number of rotatable bonds is 15. The SMILES string of the molecule is COc1ccc(C(=O)OCC(=O)O[C@@H](Cc2c(Cl)cc(C)cc2Cl)c2ccc(OC(F)F)c(OCC3CC3)c2)cc1NS(C)(=O)=O. The maximum absolute atomic E-state index is 13.1. The molecule has 10 nitrogen and oxygen atoms in total. The lowest BCUT2D eigenvalue weighted by Crippen LogP contribution is -2.21. The number of carbonyl (C=O) groups is 2. The van der Waals surface area contributed by atoms with E-state index in [9.17, 15) is 26.8 Å². The number of hydrogen-bond donors (Lipinski definition) is 1. The lowest BCUT2D eigenvalue weighted by atomic mass is 9.99. The highest BCUT2D eigenvalue weighted by Gasteiger charge is 2.26. The Hall–Kier alpha value is -3.81. The smallest absolute Gasteiger partial charge is 0.387 e. The van der Waals surface area contributed by atoms with Gasteiger partial charge in [-0.05, 0) is 84.8 Å². The van der Waals surface area contributed by atoms with Crippen LogP contribution in [0, 0.1) is 12.8 Å². The van der Waals surface area contributed by atoms with Gasteiger partial charge < -0.3 is 23.7 Å². The van der Waals surface area contributed by atoms with Crippen LogP contribution in [0.2, 0.25) is 10.0 Å². The van der Waals surface area contributed by atoms with Crippen molar-refractivity contribution in [2.45, 2.75) is 38.9 Å². The molecule has 1 saturated carbocycles. The highest BCUT2D eigenvalue weighted by molar-refractivity contribution is 7.92. The zero-order chi connectivity index (χ0) is 33.6. The molecule has 3 aromatic carbocycles. The number of methoxy groups -OCH3 is 1. The van der Waals surface area contributed by atoms with Crippen LogP contribution >= 0.6 is 23.2 Å². The maximum atomic E-state index is 13.1. The Morgan fingerprint density at radius 1 is 1.00 bits per heavy atom. The summed E-state index contributed by atoms with van der Waals surface area (Å²) in [5.74, 6) is -1.58. The molecule has 1 aliphatic rings. The van der Waals surface area contributed by atoms with Crippen LogP contribution in [0.4, 0.5) is 14.5 Å². The first-order chi connectivity index (χ1) is 21.7. The van der Waals surface area contributed by atoms with E-state index in [-0.39, 0.29) is 34.9 Å². The van der Waals surface area contributed by atoms with Crippen LogP contribution in [0.1, 0.15) is 46.0 Å². The number of nitrogens with one attached hydrogen (secondary N) is 1. The third kappa shape index (κ3) is 10.1. The number of sulfonamides is 1. The van der Waals surface area contributed by atoms with E-state index in [1.807, 2.05) is 6.92 Å². The summed E-state index contributed by atoms with van der Waals surface area (Å²) < 4.78 is 78.3. The van der Waals surface area contributed by atoms with Crippen molar-refractivity contribution in [3.63, 3.8) is 0 Å². The Bertz CT molecular complexity index is 1680. The Balaban J connectivity index is 1.56. The Morgan fingerprint density at radius 2 is 1.67 bits per heavy atom. The van der Waals surface area contributed by atoms with Gasteiger partial charge in [0.25, 0.3) is 0 Å². The molecule has 0 aliphatic heterocycles. The van der Waals surface area contributed by atoms with Crippen LogP contribution in [0.3, 0.4) is 0 Å². The largest absolute Gasteiger partial charge is 0.495 e. The van der Waals surface area contributed by atoms with E-state index in [0.717, 1.165) is 24.7 Å². The number of ether oxygens (including phenoxy) is 5. The molecule has 4 rings (SSSR count). The summed E-state index contributed by atoms with van der Waals surface area (Å²) in [6.07, 6.45) is 1.76. The van der Waals surface area contributed by atoms with Crippen molar-refractivity contribution in [3.05, 3.63) is 80.8 Å². The summed E-state index contributed by atoms with van der Waals surface area (Å²) >= 11 is 13.0. The summed E-state index contributed by atoms with van der Waals surface area (Å²) in [5, 5.41) is 0.636. The van der Waals surface area contributed by atoms with Crippen LogP contribution in [-0.4, -0.2) is 53.5 Å². The van der Waals surface area contributed by atoms with Crippen LogP contribution in [0.15, 0.2) is 48.5 Å². The third-order valence-corrected chi connectivity index (χ3v) is 7.99. The molecular formula is C31H31Cl2F2NO9S. The molecule has 0 heterocycles. The average molecular weight is 703 g/mol. The molecule has 0 radical (unpaired) electrons. The molecule has 1 aliphatic carbocycles. The minimum atomic E-state index is -3.70. The molecule has 1 atom stereocenters. The number of carbonyl (C=O) groups excluding carboxylic acids is 2. The zero-order valence-corrected chi connectivity index (χ0v) is 27.3. The number of alkyl halides is 2. The summed E-state index contributed by atoms with van der Waals surface area (Å²) in [4.78, 5) is 25.8. The lowest BCUT2D eigenvalue weighted by Gasteiger charge is -2.22. The quantitative estimate of drug-likeness (QED) is 0.171. The second-order valence-electron chi connectivity index (χ2n) is 10.6. The van der Waals surface area contributed by atoms with E-state index >= 15 is 0 Å². The van der Waals surface area contributed by atoms with E-state index in [1.54, 1.807) is 12.1 Å². The van der Waals surface area contributed by atoms with Crippen molar-refractivity contribution in [1.82, 2.24) is 0 Å². The minimum absolute atomic E-state index is 0.00655. The maximum Gasteiger partial charge on any atom is 0.387 e. The van der Waals surface area contributed by atoms with Gasteiger partial charge in [0, 0.05) is 16.5 Å². The van der Waals surface area contributed by atoms with Crippen molar-refractivity contribution >= 4 is 50.9 Å². The second kappa shape index (κ2) is 15.2. The summed E-state index contributed by atoms with van der Waals surface area (Å²) in [7, 11) is -2.37. The number of benzene rings is 3. The van der Waals surface area contributed by atoms with Gasteiger partial charge in [-0.25, -0.2) is 18.0 Å². The molecular weight excluding hydrogens is 671 g/mol. The molecule has 0 bridgehead atoms. The fourth-order valence-corrected chi connectivity index (χ4v) is 5.69. The molecule has 0 amide bonds. The molecule has 3 aromatic rings. The van der Waals surface area contributed by atoms with E-state index in [1.165, 1.54) is 43.5 Å². The summed E-state index contributed by atoms with van der Waals surface area (Å²) in [6.45, 7) is -1.80. The molecule has 46 heavy (non-hydrogen) atoms. The Labute approximate surface area is 274 Å². The fraction of sp³-hybridized carbons (Fsp3) is 0.355. The minimum Gasteiger partial charge on any atom is -0.495 e. The fourth-order valence-electron chi connectivity index (χ4n) is 4.38. The first-order valence-electron chi connectivity index (χ1n) is 13.9. The van der Waals surface area contributed by atoms with Crippen molar-refractivity contribution in [1.29, 1.82) is 0 Å². The van der Waals surface area contributed by atoms with E-state index < -0.39 is 41.3 Å². The zero-order valence-electron chi connectivity index (χ0n) is 25.0. The second-order valence-corrected chi connectivity index (χ2v) is 13.2. The first kappa shape index (κ1) is 35.1. The Morgan fingerprint density at radius 3 is 2.28 bits per heavy atom. The highest BCUT2D eigenvalue weighted by atomic mass is 35.5. The highest BCUT2D eigenvalue weighted by Crippen LogP contribution is 2.38. The van der Waals surface area contributed by atoms with Crippen LogP contribution in [0.25, 0.3) is 0 Å².